The molecule has 0 spiro atoms. The second kappa shape index (κ2) is 5.68. The van der Waals surface area contributed by atoms with Crippen LogP contribution in [0.3, 0.4) is 0 Å². The number of rotatable bonds is 5. The van der Waals surface area contributed by atoms with E-state index in [-0.39, 0.29) is 11.9 Å². The van der Waals surface area contributed by atoms with Gasteiger partial charge < -0.3 is 9.88 Å². The second-order valence-corrected chi connectivity index (χ2v) is 4.44. The maximum Gasteiger partial charge on any atom is 0.240 e. The zero-order valence-electron chi connectivity index (χ0n) is 10.5. The van der Waals surface area contributed by atoms with Gasteiger partial charge in [0, 0.05) is 24.4 Å². The van der Waals surface area contributed by atoms with E-state index < -0.39 is 0 Å². The standard InChI is InChI=1S/C12H21N3O/c1-5-10(4)14-11(16)8-15-7-6-13-12(15)9(2)3/h6-7,9-10H,5,8H2,1-4H3,(H,14,16). The Morgan fingerprint density at radius 2 is 2.19 bits per heavy atom. The molecule has 0 bridgehead atoms. The van der Waals surface area contributed by atoms with Crippen LogP contribution >= 0.6 is 0 Å². The second-order valence-electron chi connectivity index (χ2n) is 4.44. The van der Waals surface area contributed by atoms with E-state index in [0.717, 1.165) is 12.2 Å². The largest absolute Gasteiger partial charge is 0.352 e. The highest BCUT2D eigenvalue weighted by Gasteiger charge is 2.11. The van der Waals surface area contributed by atoms with Gasteiger partial charge in [-0.3, -0.25) is 4.79 Å². The van der Waals surface area contributed by atoms with Crippen molar-refractivity contribution >= 4 is 5.91 Å². The lowest BCUT2D eigenvalue weighted by molar-refractivity contribution is -0.122. The molecule has 4 nitrogen and oxygen atoms in total. The van der Waals surface area contributed by atoms with Gasteiger partial charge in [0.2, 0.25) is 5.91 Å². The fourth-order valence-electron chi connectivity index (χ4n) is 1.53. The van der Waals surface area contributed by atoms with Crippen LogP contribution in [0.1, 0.15) is 45.9 Å². The zero-order chi connectivity index (χ0) is 12.1. The van der Waals surface area contributed by atoms with Gasteiger partial charge in [0.25, 0.3) is 0 Å². The number of carbonyl (C=O) groups excluding carboxylic acids is 1. The van der Waals surface area contributed by atoms with E-state index in [1.165, 1.54) is 0 Å². The summed E-state index contributed by atoms with van der Waals surface area (Å²) in [5, 5.41) is 2.95. The van der Waals surface area contributed by atoms with Gasteiger partial charge >= 0.3 is 0 Å². The van der Waals surface area contributed by atoms with E-state index in [1.807, 2.05) is 17.7 Å². The minimum absolute atomic E-state index is 0.0502. The molecule has 0 radical (unpaired) electrons. The van der Waals surface area contributed by atoms with Crippen LogP contribution in [0.4, 0.5) is 0 Å². The lowest BCUT2D eigenvalue weighted by Crippen LogP contribution is -2.34. The van der Waals surface area contributed by atoms with Crippen molar-refractivity contribution in [2.45, 2.75) is 52.6 Å². The highest BCUT2D eigenvalue weighted by molar-refractivity contribution is 5.76. The fraction of sp³-hybridized carbons (Fsp3) is 0.667. The van der Waals surface area contributed by atoms with Crippen LogP contribution in [0, 0.1) is 0 Å². The molecule has 4 heteroatoms. The Morgan fingerprint density at radius 3 is 2.75 bits per heavy atom. The van der Waals surface area contributed by atoms with Gasteiger partial charge in [-0.15, -0.1) is 0 Å². The van der Waals surface area contributed by atoms with Gasteiger partial charge in [0.15, 0.2) is 0 Å². The van der Waals surface area contributed by atoms with Crippen LogP contribution in [0.15, 0.2) is 12.4 Å². The SMILES string of the molecule is CCC(C)NC(=O)Cn1ccnc1C(C)C. The van der Waals surface area contributed by atoms with Crippen molar-refractivity contribution in [1.82, 2.24) is 14.9 Å². The highest BCUT2D eigenvalue weighted by Crippen LogP contribution is 2.11. The molecular weight excluding hydrogens is 202 g/mol. The van der Waals surface area contributed by atoms with Crippen LogP contribution in [0.5, 0.6) is 0 Å². The Hall–Kier alpha value is -1.32. The minimum Gasteiger partial charge on any atom is -0.352 e. The lowest BCUT2D eigenvalue weighted by Gasteiger charge is -2.13. The van der Waals surface area contributed by atoms with E-state index in [9.17, 15) is 4.79 Å². The normalized spacial score (nSPS) is 12.8. The number of imidazole rings is 1. The highest BCUT2D eigenvalue weighted by atomic mass is 16.2. The Morgan fingerprint density at radius 1 is 1.50 bits per heavy atom. The Bertz CT molecular complexity index is 344. The summed E-state index contributed by atoms with van der Waals surface area (Å²) in [7, 11) is 0. The summed E-state index contributed by atoms with van der Waals surface area (Å²) in [6.07, 6.45) is 4.55. The van der Waals surface area contributed by atoms with Gasteiger partial charge in [-0.2, -0.15) is 0 Å². The monoisotopic (exact) mass is 223 g/mol. The summed E-state index contributed by atoms with van der Waals surface area (Å²) < 4.78 is 1.91. The average molecular weight is 223 g/mol. The Labute approximate surface area is 97.1 Å². The molecule has 0 aromatic carbocycles. The molecule has 1 N–H and O–H groups in total. The molecule has 0 saturated heterocycles. The number of nitrogens with zero attached hydrogens (tertiary/aromatic N) is 2. The third-order valence-corrected chi connectivity index (χ3v) is 2.60. The van der Waals surface area contributed by atoms with Crippen LogP contribution in [-0.2, 0) is 11.3 Å². The number of amides is 1. The summed E-state index contributed by atoms with van der Waals surface area (Å²) >= 11 is 0. The smallest absolute Gasteiger partial charge is 0.240 e. The zero-order valence-corrected chi connectivity index (χ0v) is 10.5. The van der Waals surface area contributed by atoms with E-state index in [0.29, 0.717) is 12.5 Å². The first-order chi connectivity index (χ1) is 7.54. The number of hydrogen-bond acceptors (Lipinski definition) is 2. The third kappa shape index (κ3) is 3.36. The molecule has 1 heterocycles. The molecular formula is C12H21N3O. The average Bonchev–Trinajstić information content (AvgIpc) is 2.65. The first-order valence-corrected chi connectivity index (χ1v) is 5.85. The molecule has 1 unspecified atom stereocenters. The van der Waals surface area contributed by atoms with E-state index in [1.54, 1.807) is 6.20 Å². The van der Waals surface area contributed by atoms with E-state index >= 15 is 0 Å². The lowest BCUT2D eigenvalue weighted by atomic mass is 10.2. The van der Waals surface area contributed by atoms with Gasteiger partial charge in [-0.05, 0) is 13.3 Å². The van der Waals surface area contributed by atoms with Crippen molar-refractivity contribution in [2.75, 3.05) is 0 Å². The summed E-state index contributed by atoms with van der Waals surface area (Å²) in [4.78, 5) is 15.9. The van der Waals surface area contributed by atoms with Gasteiger partial charge in [-0.1, -0.05) is 20.8 Å². The number of hydrogen-bond donors (Lipinski definition) is 1. The first-order valence-electron chi connectivity index (χ1n) is 5.85. The van der Waals surface area contributed by atoms with Crippen molar-refractivity contribution in [1.29, 1.82) is 0 Å². The van der Waals surface area contributed by atoms with Crippen molar-refractivity contribution in [3.05, 3.63) is 18.2 Å². The molecule has 0 aliphatic carbocycles. The number of aromatic nitrogens is 2. The van der Waals surface area contributed by atoms with Gasteiger partial charge in [0.1, 0.15) is 12.4 Å². The third-order valence-electron chi connectivity index (χ3n) is 2.60. The first kappa shape index (κ1) is 12.7. The molecule has 1 atom stereocenters. The topological polar surface area (TPSA) is 46.9 Å². The predicted octanol–water partition coefficient (Wildman–Crippen LogP) is 1.92. The van der Waals surface area contributed by atoms with Crippen LogP contribution < -0.4 is 5.32 Å². The van der Waals surface area contributed by atoms with Crippen molar-refractivity contribution in [3.8, 4) is 0 Å². The Kier molecular flexibility index (Phi) is 4.52. The molecule has 1 amide bonds. The molecule has 1 aromatic heterocycles. The quantitative estimate of drug-likeness (QED) is 0.829. The molecule has 0 aliphatic heterocycles. The van der Waals surface area contributed by atoms with Crippen LogP contribution in [0.2, 0.25) is 0 Å². The molecule has 0 fully saturated rings. The van der Waals surface area contributed by atoms with Gasteiger partial charge in [0.05, 0.1) is 0 Å². The van der Waals surface area contributed by atoms with Crippen LogP contribution in [-0.4, -0.2) is 21.5 Å². The summed E-state index contributed by atoms with van der Waals surface area (Å²) in [5.41, 5.74) is 0. The molecule has 90 valence electrons. The maximum absolute atomic E-state index is 11.7. The van der Waals surface area contributed by atoms with Crippen molar-refractivity contribution in [2.24, 2.45) is 0 Å². The minimum atomic E-state index is 0.0502. The van der Waals surface area contributed by atoms with E-state index in [2.05, 4.69) is 31.1 Å². The predicted molar refractivity (Wildman–Crippen MR) is 64.2 cm³/mol. The van der Waals surface area contributed by atoms with Gasteiger partial charge in [-0.25, -0.2) is 4.98 Å². The summed E-state index contributed by atoms with van der Waals surface area (Å²) in [6.45, 7) is 8.57. The van der Waals surface area contributed by atoms with Crippen molar-refractivity contribution in [3.63, 3.8) is 0 Å². The maximum atomic E-state index is 11.7. The molecule has 1 rings (SSSR count). The number of nitrogens with one attached hydrogen (secondary N) is 1. The number of carbonyl (C=O) groups is 1. The molecule has 16 heavy (non-hydrogen) atoms. The van der Waals surface area contributed by atoms with Crippen molar-refractivity contribution < 1.29 is 4.79 Å². The summed E-state index contributed by atoms with van der Waals surface area (Å²) in [6, 6.07) is 0.235. The molecule has 0 aliphatic rings. The molecule has 0 saturated carbocycles. The Balaban J connectivity index is 2.59. The van der Waals surface area contributed by atoms with E-state index in [4.69, 9.17) is 0 Å². The fourth-order valence-corrected chi connectivity index (χ4v) is 1.53. The summed E-state index contributed by atoms with van der Waals surface area (Å²) in [5.74, 6) is 1.35. The molecule has 1 aromatic rings. The van der Waals surface area contributed by atoms with Crippen LogP contribution in [0.25, 0.3) is 0 Å².